The average molecular weight is 311 g/mol. The molecule has 1 saturated heterocycles. The van der Waals surface area contributed by atoms with Gasteiger partial charge in [0.25, 0.3) is 0 Å². The smallest absolute Gasteiger partial charge is 0.109 e. The van der Waals surface area contributed by atoms with Gasteiger partial charge >= 0.3 is 0 Å². The maximum atomic E-state index is 5.78. The third kappa shape index (κ3) is 3.37. The molecule has 0 bridgehead atoms. The number of nitrogens with zero attached hydrogens (tertiary/aromatic N) is 1. The highest BCUT2D eigenvalue weighted by molar-refractivity contribution is 7.80. The monoisotopic (exact) mass is 311 g/mol. The van der Waals surface area contributed by atoms with Gasteiger partial charge in [-0.3, -0.25) is 0 Å². The fourth-order valence-corrected chi connectivity index (χ4v) is 3.25. The topological polar surface area (TPSA) is 12.5 Å². The van der Waals surface area contributed by atoms with Gasteiger partial charge in [0, 0.05) is 18.7 Å². The van der Waals surface area contributed by atoms with Crippen LogP contribution in [0.1, 0.15) is 19.4 Å². The van der Waals surface area contributed by atoms with Crippen LogP contribution in [0.5, 0.6) is 0 Å². The van der Waals surface area contributed by atoms with Gasteiger partial charge < -0.3 is 9.64 Å². The summed E-state index contributed by atoms with van der Waals surface area (Å²) in [6.07, 6.45) is 0.454. The lowest BCUT2D eigenvalue weighted by molar-refractivity contribution is -0.0472. The second-order valence-electron chi connectivity index (χ2n) is 5.91. The second kappa shape index (κ2) is 6.59. The minimum absolute atomic E-state index is 0.227. The first-order valence-electron chi connectivity index (χ1n) is 7.73. The SMILES string of the molecule is CC1CN(C(=S)c2ccc(-c3ccccc3)cc2)CC(C)O1. The quantitative estimate of drug-likeness (QED) is 0.774. The Bertz CT molecular complexity index is 628. The van der Waals surface area contributed by atoms with Gasteiger partial charge in [0.15, 0.2) is 0 Å². The van der Waals surface area contributed by atoms with Crippen LogP contribution in [0.3, 0.4) is 0 Å². The van der Waals surface area contributed by atoms with Crippen LogP contribution in [0.4, 0.5) is 0 Å². The standard InChI is InChI=1S/C19H21NOS/c1-14-12-20(13-15(2)21-14)19(22)18-10-8-17(9-11-18)16-6-4-3-5-7-16/h3-11,14-15H,12-13H2,1-2H3. The Morgan fingerprint density at radius 1 is 0.909 bits per heavy atom. The predicted molar refractivity (Wildman–Crippen MR) is 95.2 cm³/mol. The summed E-state index contributed by atoms with van der Waals surface area (Å²) >= 11 is 5.68. The molecule has 0 saturated carbocycles. The zero-order valence-corrected chi connectivity index (χ0v) is 13.8. The molecule has 0 aromatic heterocycles. The molecule has 22 heavy (non-hydrogen) atoms. The highest BCUT2D eigenvalue weighted by atomic mass is 32.1. The van der Waals surface area contributed by atoms with E-state index in [0.29, 0.717) is 0 Å². The lowest BCUT2D eigenvalue weighted by Crippen LogP contribution is -2.47. The van der Waals surface area contributed by atoms with E-state index >= 15 is 0 Å². The normalized spacial score (nSPS) is 21.6. The van der Waals surface area contributed by atoms with Crippen molar-refractivity contribution in [3.8, 4) is 11.1 Å². The van der Waals surface area contributed by atoms with Crippen molar-refractivity contribution >= 4 is 17.2 Å². The van der Waals surface area contributed by atoms with Crippen LogP contribution in [0.2, 0.25) is 0 Å². The number of hydrogen-bond donors (Lipinski definition) is 0. The summed E-state index contributed by atoms with van der Waals surface area (Å²) in [4.78, 5) is 3.17. The summed E-state index contributed by atoms with van der Waals surface area (Å²) in [5.74, 6) is 0. The van der Waals surface area contributed by atoms with Gasteiger partial charge in [-0.15, -0.1) is 0 Å². The minimum Gasteiger partial charge on any atom is -0.372 e. The first kappa shape index (κ1) is 15.2. The summed E-state index contributed by atoms with van der Waals surface area (Å²) in [6, 6.07) is 18.9. The summed E-state index contributed by atoms with van der Waals surface area (Å²) in [6.45, 7) is 5.93. The molecule has 3 rings (SSSR count). The van der Waals surface area contributed by atoms with Crippen LogP contribution in [-0.2, 0) is 4.74 Å². The molecule has 2 aromatic rings. The van der Waals surface area contributed by atoms with Gasteiger partial charge in [-0.2, -0.15) is 0 Å². The lowest BCUT2D eigenvalue weighted by atomic mass is 10.0. The Morgan fingerprint density at radius 2 is 1.45 bits per heavy atom. The fourth-order valence-electron chi connectivity index (χ4n) is 2.96. The van der Waals surface area contributed by atoms with E-state index in [9.17, 15) is 0 Å². The van der Waals surface area contributed by atoms with Gasteiger partial charge in [-0.25, -0.2) is 0 Å². The van der Waals surface area contributed by atoms with E-state index in [-0.39, 0.29) is 12.2 Å². The zero-order valence-electron chi connectivity index (χ0n) is 13.0. The number of morpholine rings is 1. The van der Waals surface area contributed by atoms with Crippen LogP contribution < -0.4 is 0 Å². The molecule has 2 nitrogen and oxygen atoms in total. The van der Waals surface area contributed by atoms with E-state index in [1.807, 2.05) is 6.07 Å². The van der Waals surface area contributed by atoms with Crippen molar-refractivity contribution < 1.29 is 4.74 Å². The Morgan fingerprint density at radius 3 is 2.05 bits per heavy atom. The molecule has 114 valence electrons. The van der Waals surface area contributed by atoms with Crippen LogP contribution >= 0.6 is 12.2 Å². The summed E-state index contributed by atoms with van der Waals surface area (Å²) < 4.78 is 5.78. The average Bonchev–Trinajstić information content (AvgIpc) is 2.54. The van der Waals surface area contributed by atoms with E-state index in [0.717, 1.165) is 23.6 Å². The summed E-state index contributed by atoms with van der Waals surface area (Å²) in [5, 5.41) is 0. The predicted octanol–water partition coefficient (Wildman–Crippen LogP) is 4.14. The third-order valence-corrected chi connectivity index (χ3v) is 4.44. The van der Waals surface area contributed by atoms with Crippen molar-refractivity contribution in [1.29, 1.82) is 0 Å². The molecule has 2 atom stereocenters. The summed E-state index contributed by atoms with van der Waals surface area (Å²) in [7, 11) is 0. The molecule has 3 heteroatoms. The molecule has 1 aliphatic heterocycles. The van der Waals surface area contributed by atoms with Gasteiger partial charge in [-0.05, 0) is 25.0 Å². The maximum absolute atomic E-state index is 5.78. The number of ether oxygens (including phenoxy) is 1. The molecule has 1 heterocycles. The second-order valence-corrected chi connectivity index (χ2v) is 6.30. The van der Waals surface area contributed by atoms with Crippen LogP contribution in [0, 0.1) is 0 Å². The molecular weight excluding hydrogens is 290 g/mol. The van der Waals surface area contributed by atoms with Gasteiger partial charge in [-0.1, -0.05) is 66.8 Å². The molecule has 0 amide bonds. The molecule has 0 N–H and O–H groups in total. The lowest BCUT2D eigenvalue weighted by Gasteiger charge is -2.37. The van der Waals surface area contributed by atoms with Crippen LogP contribution in [0.25, 0.3) is 11.1 Å². The molecule has 1 aliphatic rings. The van der Waals surface area contributed by atoms with Crippen LogP contribution in [0.15, 0.2) is 54.6 Å². The molecule has 0 aliphatic carbocycles. The van der Waals surface area contributed by atoms with Crippen molar-refractivity contribution in [3.63, 3.8) is 0 Å². The van der Waals surface area contributed by atoms with Crippen molar-refractivity contribution in [3.05, 3.63) is 60.2 Å². The van der Waals surface area contributed by atoms with Crippen molar-refractivity contribution in [2.24, 2.45) is 0 Å². The molecule has 0 spiro atoms. The first-order valence-corrected chi connectivity index (χ1v) is 8.14. The van der Waals surface area contributed by atoms with E-state index in [4.69, 9.17) is 17.0 Å². The van der Waals surface area contributed by atoms with Crippen molar-refractivity contribution in [1.82, 2.24) is 4.90 Å². The van der Waals surface area contributed by atoms with E-state index in [1.54, 1.807) is 0 Å². The molecule has 2 unspecified atom stereocenters. The Kier molecular flexibility index (Phi) is 4.55. The van der Waals surface area contributed by atoms with Crippen LogP contribution in [-0.4, -0.2) is 35.2 Å². The Balaban J connectivity index is 1.76. The third-order valence-electron chi connectivity index (χ3n) is 3.95. The zero-order chi connectivity index (χ0) is 15.5. The van der Waals surface area contributed by atoms with Crippen molar-refractivity contribution in [2.75, 3.05) is 13.1 Å². The molecular formula is C19H21NOS. The Labute approximate surface area is 137 Å². The minimum atomic E-state index is 0.227. The van der Waals surface area contributed by atoms with E-state index < -0.39 is 0 Å². The Hall–Kier alpha value is -1.71. The number of thiocarbonyl (C=S) groups is 1. The van der Waals surface area contributed by atoms with Gasteiger partial charge in [0.05, 0.1) is 12.2 Å². The molecule has 0 radical (unpaired) electrons. The molecule has 1 fully saturated rings. The van der Waals surface area contributed by atoms with Crippen molar-refractivity contribution in [2.45, 2.75) is 26.1 Å². The number of rotatable bonds is 2. The van der Waals surface area contributed by atoms with E-state index in [2.05, 4.69) is 67.3 Å². The highest BCUT2D eigenvalue weighted by Crippen LogP contribution is 2.21. The summed E-state index contributed by atoms with van der Waals surface area (Å²) in [5.41, 5.74) is 3.56. The first-order chi connectivity index (χ1) is 10.6. The fraction of sp³-hybridized carbons (Fsp3) is 0.316. The van der Waals surface area contributed by atoms with Gasteiger partial charge in [0.1, 0.15) is 4.99 Å². The number of hydrogen-bond acceptors (Lipinski definition) is 2. The highest BCUT2D eigenvalue weighted by Gasteiger charge is 2.24. The van der Waals surface area contributed by atoms with E-state index in [1.165, 1.54) is 11.1 Å². The van der Waals surface area contributed by atoms with Gasteiger partial charge in [0.2, 0.25) is 0 Å². The maximum Gasteiger partial charge on any atom is 0.109 e. The number of benzene rings is 2. The largest absolute Gasteiger partial charge is 0.372 e. The molecule has 2 aromatic carbocycles.